The third-order valence-corrected chi connectivity index (χ3v) is 1.96. The first kappa shape index (κ1) is 17.2. The Balaban J connectivity index is 0.00000172. The van der Waals surface area contributed by atoms with Crippen molar-refractivity contribution in [3.63, 3.8) is 0 Å². The van der Waals surface area contributed by atoms with Crippen molar-refractivity contribution in [3.8, 4) is 42.1 Å². The van der Waals surface area contributed by atoms with E-state index in [9.17, 15) is 4.79 Å². The van der Waals surface area contributed by atoms with Gasteiger partial charge in [0.05, 0.1) is 12.7 Å². The van der Waals surface area contributed by atoms with Crippen molar-refractivity contribution in [3.05, 3.63) is 17.7 Å². The molecule has 0 bridgehead atoms. The lowest BCUT2D eigenvalue weighted by Crippen LogP contribution is -2.03. The predicted octanol–water partition coefficient (Wildman–Crippen LogP) is 2.40. The zero-order valence-electron chi connectivity index (χ0n) is 11.6. The molecule has 0 heterocycles. The van der Waals surface area contributed by atoms with Crippen molar-refractivity contribution in [1.82, 2.24) is 0 Å². The molecule has 0 amide bonds. The van der Waals surface area contributed by atoms with Gasteiger partial charge in [0.15, 0.2) is 11.5 Å². The Kier molecular flexibility index (Phi) is 7.90. The van der Waals surface area contributed by atoms with Crippen LogP contribution in [0, 0.1) is 24.9 Å². The molecule has 5 nitrogen and oxygen atoms in total. The van der Waals surface area contributed by atoms with Crippen molar-refractivity contribution >= 4 is 5.97 Å². The minimum absolute atomic E-state index is 0.0241. The second-order valence-corrected chi connectivity index (χ2v) is 3.02. The zero-order valence-corrected chi connectivity index (χ0v) is 11.6. The molecule has 0 saturated heterocycles. The molecule has 1 aromatic carbocycles. The van der Waals surface area contributed by atoms with Gasteiger partial charge in [-0.1, -0.05) is 26.2 Å². The van der Waals surface area contributed by atoms with Crippen LogP contribution in [-0.4, -0.2) is 24.8 Å². The highest BCUT2D eigenvalue weighted by molar-refractivity contribution is 5.89. The minimum Gasteiger partial charge on any atom is -0.493 e. The highest BCUT2D eigenvalue weighted by Crippen LogP contribution is 2.38. The van der Waals surface area contributed by atoms with E-state index in [4.69, 9.17) is 32.2 Å². The Morgan fingerprint density at radius 2 is 1.90 bits per heavy atom. The summed E-state index contributed by atoms with van der Waals surface area (Å²) in [5.74, 6) is 1.53. The number of rotatable bonds is 5. The van der Waals surface area contributed by atoms with Crippen LogP contribution >= 0.6 is 0 Å². The molecule has 0 aliphatic carbocycles. The van der Waals surface area contributed by atoms with Crippen molar-refractivity contribution in [1.29, 1.82) is 0 Å². The normalized spacial score (nSPS) is 8.25. The minimum atomic E-state index is -1.14. The van der Waals surface area contributed by atoms with Crippen molar-refractivity contribution < 1.29 is 24.1 Å². The lowest BCUT2D eigenvalue weighted by atomic mass is 10.2. The standard InChI is InChI=1S/C13H10O5.C2H6/c1-4-6-18-12-10(16-3)7-9(13(14)15)8-11(12)17-5-2;1-2/h1-2,7-8H,6H2,3H3,(H,14,15);1-2H3. The van der Waals surface area contributed by atoms with E-state index in [0.29, 0.717) is 0 Å². The third kappa shape index (κ3) is 4.47. The van der Waals surface area contributed by atoms with Gasteiger partial charge in [0.25, 0.3) is 0 Å². The largest absolute Gasteiger partial charge is 0.493 e. The molecular weight excluding hydrogens is 260 g/mol. The molecule has 0 saturated carbocycles. The van der Waals surface area contributed by atoms with Gasteiger partial charge in [0.2, 0.25) is 5.75 Å². The van der Waals surface area contributed by atoms with E-state index < -0.39 is 5.97 Å². The predicted molar refractivity (Wildman–Crippen MR) is 75.1 cm³/mol. The lowest BCUT2D eigenvalue weighted by Gasteiger charge is -2.12. The number of carboxylic acids is 1. The molecule has 20 heavy (non-hydrogen) atoms. The van der Waals surface area contributed by atoms with Gasteiger partial charge in [0, 0.05) is 6.07 Å². The Morgan fingerprint density at radius 3 is 2.35 bits per heavy atom. The molecule has 1 aromatic rings. The van der Waals surface area contributed by atoms with Crippen molar-refractivity contribution in [2.45, 2.75) is 13.8 Å². The molecule has 0 atom stereocenters. The van der Waals surface area contributed by atoms with Crippen molar-refractivity contribution in [2.75, 3.05) is 13.7 Å². The van der Waals surface area contributed by atoms with E-state index in [1.54, 1.807) is 0 Å². The second kappa shape index (κ2) is 9.18. The number of aromatic carboxylic acids is 1. The first-order chi connectivity index (χ1) is 9.63. The van der Waals surface area contributed by atoms with Crippen LogP contribution in [0.5, 0.6) is 17.2 Å². The fourth-order valence-electron chi connectivity index (χ4n) is 1.25. The van der Waals surface area contributed by atoms with Crippen LogP contribution < -0.4 is 14.2 Å². The summed E-state index contributed by atoms with van der Waals surface area (Å²) in [6.07, 6.45) is 12.0. The number of ether oxygens (including phenoxy) is 3. The Bertz CT molecular complexity index is 534. The topological polar surface area (TPSA) is 65.0 Å². The van der Waals surface area contributed by atoms with Crippen LogP contribution in [-0.2, 0) is 0 Å². The fraction of sp³-hybridized carbons (Fsp3) is 0.267. The van der Waals surface area contributed by atoms with Crippen LogP contribution in [0.4, 0.5) is 0 Å². The molecule has 0 radical (unpaired) electrons. The number of carboxylic acid groups (broad SMARTS) is 1. The van der Waals surface area contributed by atoms with Gasteiger partial charge in [-0.05, 0) is 6.07 Å². The second-order valence-electron chi connectivity index (χ2n) is 3.02. The van der Waals surface area contributed by atoms with E-state index in [1.807, 2.05) is 20.0 Å². The summed E-state index contributed by atoms with van der Waals surface area (Å²) >= 11 is 0. The molecule has 5 heteroatoms. The molecule has 1 N–H and O–H groups in total. The van der Waals surface area contributed by atoms with Crippen molar-refractivity contribution in [2.24, 2.45) is 0 Å². The summed E-state index contributed by atoms with van der Waals surface area (Å²) in [6.45, 7) is 3.98. The average Bonchev–Trinajstić information content (AvgIpc) is 2.47. The van der Waals surface area contributed by atoms with Crippen LogP contribution in [0.1, 0.15) is 24.2 Å². The summed E-state index contributed by atoms with van der Waals surface area (Å²) < 4.78 is 15.1. The lowest BCUT2D eigenvalue weighted by molar-refractivity contribution is 0.0696. The van der Waals surface area contributed by atoms with Gasteiger partial charge < -0.3 is 19.3 Å². The summed E-state index contributed by atoms with van der Waals surface area (Å²) in [5, 5.41) is 8.93. The van der Waals surface area contributed by atoms with E-state index >= 15 is 0 Å². The average molecular weight is 276 g/mol. The summed E-state index contributed by atoms with van der Waals surface area (Å²) in [7, 11) is 1.36. The van der Waals surface area contributed by atoms with Crippen LogP contribution in [0.2, 0.25) is 0 Å². The van der Waals surface area contributed by atoms with Gasteiger partial charge in [-0.15, -0.1) is 6.42 Å². The van der Waals surface area contributed by atoms with Crippen LogP contribution in [0.3, 0.4) is 0 Å². The Hall–Kier alpha value is -2.79. The monoisotopic (exact) mass is 276 g/mol. The van der Waals surface area contributed by atoms with Gasteiger partial charge in [0.1, 0.15) is 12.7 Å². The quantitative estimate of drug-likeness (QED) is 0.837. The first-order valence-electron chi connectivity index (χ1n) is 5.78. The third-order valence-electron chi connectivity index (χ3n) is 1.96. The zero-order chi connectivity index (χ0) is 15.5. The maximum absolute atomic E-state index is 10.9. The number of hydrogen-bond donors (Lipinski definition) is 1. The SMILES string of the molecule is C#CCOc1c(OC)cc(C(=O)O)cc1OC#C.CC. The number of hydrogen-bond acceptors (Lipinski definition) is 4. The summed E-state index contributed by atoms with van der Waals surface area (Å²) in [5.41, 5.74) is -0.0369. The van der Waals surface area contributed by atoms with Gasteiger partial charge >= 0.3 is 5.97 Å². The number of methoxy groups -OCH3 is 1. The molecule has 0 spiro atoms. The molecule has 1 rings (SSSR count). The van der Waals surface area contributed by atoms with Crippen LogP contribution in [0.25, 0.3) is 0 Å². The molecule has 0 fully saturated rings. The Morgan fingerprint density at radius 1 is 1.30 bits per heavy atom. The maximum atomic E-state index is 10.9. The number of benzene rings is 1. The molecule has 0 aliphatic rings. The molecular formula is C15H16O5. The molecule has 106 valence electrons. The fourth-order valence-corrected chi connectivity index (χ4v) is 1.25. The first-order valence-corrected chi connectivity index (χ1v) is 5.78. The number of carbonyl (C=O) groups is 1. The molecule has 0 unspecified atom stereocenters. The maximum Gasteiger partial charge on any atom is 0.335 e. The molecule has 0 aromatic heterocycles. The Labute approximate surface area is 118 Å². The van der Waals surface area contributed by atoms with Gasteiger partial charge in [-0.25, -0.2) is 4.79 Å². The van der Waals surface area contributed by atoms with Gasteiger partial charge in [-0.3, -0.25) is 0 Å². The van der Waals surface area contributed by atoms with E-state index in [-0.39, 0.29) is 29.4 Å². The van der Waals surface area contributed by atoms with E-state index in [1.165, 1.54) is 19.2 Å². The molecule has 0 aliphatic heterocycles. The van der Waals surface area contributed by atoms with E-state index in [0.717, 1.165) is 0 Å². The summed E-state index contributed by atoms with van der Waals surface area (Å²) in [4.78, 5) is 10.9. The smallest absolute Gasteiger partial charge is 0.335 e. The van der Waals surface area contributed by atoms with Crippen LogP contribution in [0.15, 0.2) is 12.1 Å². The highest BCUT2D eigenvalue weighted by Gasteiger charge is 2.17. The van der Waals surface area contributed by atoms with E-state index in [2.05, 4.69) is 5.92 Å². The van der Waals surface area contributed by atoms with Gasteiger partial charge in [-0.2, -0.15) is 0 Å². The highest BCUT2D eigenvalue weighted by atomic mass is 16.5. The summed E-state index contributed by atoms with van der Waals surface area (Å²) in [6, 6.07) is 2.52. The number of terminal acetylenes is 2.